The van der Waals surface area contributed by atoms with Gasteiger partial charge in [-0.1, -0.05) is 134 Å². The molecule has 0 aliphatic rings. The van der Waals surface area contributed by atoms with Crippen molar-refractivity contribution in [3.8, 4) is 0 Å². The first-order valence-electron chi connectivity index (χ1n) is 13.6. The van der Waals surface area contributed by atoms with E-state index in [0.717, 1.165) is 13.2 Å². The molecule has 1 unspecified atom stereocenters. The van der Waals surface area contributed by atoms with Gasteiger partial charge < -0.3 is 8.85 Å². The SMILES string of the molecule is CCCCCCCCCC(CCCCCCCCC)CO[SiH](OCC)c1ccccc1. The maximum atomic E-state index is 6.47. The van der Waals surface area contributed by atoms with Gasteiger partial charge in [-0.15, -0.1) is 0 Å². The number of rotatable bonds is 22. The minimum absolute atomic E-state index is 0.699. The van der Waals surface area contributed by atoms with E-state index in [2.05, 4.69) is 51.1 Å². The zero-order valence-electron chi connectivity index (χ0n) is 21.1. The van der Waals surface area contributed by atoms with Crippen molar-refractivity contribution < 1.29 is 8.85 Å². The van der Waals surface area contributed by atoms with Crippen molar-refractivity contribution in [1.82, 2.24) is 0 Å². The maximum absolute atomic E-state index is 6.47. The van der Waals surface area contributed by atoms with Crippen LogP contribution in [0.1, 0.15) is 124 Å². The molecule has 1 atom stereocenters. The van der Waals surface area contributed by atoms with Crippen molar-refractivity contribution in [1.29, 1.82) is 0 Å². The second-order valence-corrected chi connectivity index (χ2v) is 11.2. The fraction of sp³-hybridized carbons (Fsp3) is 0.786. The van der Waals surface area contributed by atoms with Crippen LogP contribution in [0.4, 0.5) is 0 Å². The zero-order chi connectivity index (χ0) is 22.4. The Balaban J connectivity index is 2.40. The Morgan fingerprint density at radius 1 is 0.613 bits per heavy atom. The van der Waals surface area contributed by atoms with Gasteiger partial charge in [-0.25, -0.2) is 0 Å². The number of unbranched alkanes of at least 4 members (excludes halogenated alkanes) is 12. The largest absolute Gasteiger partial charge is 0.394 e. The average Bonchev–Trinajstić information content (AvgIpc) is 2.80. The topological polar surface area (TPSA) is 18.5 Å². The van der Waals surface area contributed by atoms with Crippen LogP contribution in [-0.2, 0) is 8.85 Å². The van der Waals surface area contributed by atoms with Crippen LogP contribution >= 0.6 is 0 Å². The highest BCUT2D eigenvalue weighted by atomic mass is 28.3. The van der Waals surface area contributed by atoms with Crippen molar-refractivity contribution in [3.63, 3.8) is 0 Å². The number of hydrogen-bond acceptors (Lipinski definition) is 2. The monoisotopic (exact) mass is 448 g/mol. The maximum Gasteiger partial charge on any atom is 0.355 e. The summed E-state index contributed by atoms with van der Waals surface area (Å²) in [7, 11) is -1.77. The normalized spacial score (nSPS) is 12.5. The number of benzene rings is 1. The van der Waals surface area contributed by atoms with Gasteiger partial charge in [0.15, 0.2) is 0 Å². The smallest absolute Gasteiger partial charge is 0.355 e. The zero-order valence-corrected chi connectivity index (χ0v) is 22.2. The Hall–Kier alpha value is -0.643. The van der Waals surface area contributed by atoms with Gasteiger partial charge in [0.25, 0.3) is 0 Å². The molecule has 1 rings (SSSR count). The molecular weight excluding hydrogens is 396 g/mol. The molecule has 0 spiro atoms. The Bertz CT molecular complexity index is 461. The van der Waals surface area contributed by atoms with Crippen LogP contribution in [0.25, 0.3) is 0 Å². The molecule has 0 aromatic heterocycles. The summed E-state index contributed by atoms with van der Waals surface area (Å²) in [5.74, 6) is 0.699. The molecule has 0 saturated carbocycles. The summed E-state index contributed by atoms with van der Waals surface area (Å²) < 4.78 is 12.5. The van der Waals surface area contributed by atoms with Crippen molar-refractivity contribution in [2.24, 2.45) is 5.92 Å². The molecule has 0 heterocycles. The standard InChI is InChI=1S/C28H52O2Si/c1-4-7-9-11-13-15-18-22-27(23-19-16-14-12-10-8-5-2)26-30-31(29-6-3)28-24-20-17-21-25-28/h17,20-21,24-25,27,31H,4-16,18-19,22-23,26H2,1-3H3. The van der Waals surface area contributed by atoms with E-state index in [1.165, 1.54) is 108 Å². The van der Waals surface area contributed by atoms with E-state index in [9.17, 15) is 0 Å². The molecule has 1 aromatic rings. The predicted octanol–water partition coefficient (Wildman–Crippen LogP) is 8.06. The van der Waals surface area contributed by atoms with Gasteiger partial charge in [0, 0.05) is 13.2 Å². The van der Waals surface area contributed by atoms with Gasteiger partial charge in [-0.3, -0.25) is 0 Å². The van der Waals surface area contributed by atoms with E-state index in [0.29, 0.717) is 5.92 Å². The van der Waals surface area contributed by atoms with Gasteiger partial charge in [0.05, 0.1) is 0 Å². The highest BCUT2D eigenvalue weighted by Crippen LogP contribution is 2.20. The molecule has 1 aromatic carbocycles. The van der Waals surface area contributed by atoms with Crippen LogP contribution in [0.5, 0.6) is 0 Å². The molecule has 180 valence electrons. The molecular formula is C28H52O2Si. The lowest BCUT2D eigenvalue weighted by molar-refractivity contribution is 0.171. The fourth-order valence-electron chi connectivity index (χ4n) is 4.32. The first kappa shape index (κ1) is 28.4. The van der Waals surface area contributed by atoms with Gasteiger partial charge in [0.1, 0.15) is 0 Å². The Kier molecular flexibility index (Phi) is 19.4. The average molecular weight is 449 g/mol. The van der Waals surface area contributed by atoms with E-state index in [1.807, 2.05) is 0 Å². The summed E-state index contributed by atoms with van der Waals surface area (Å²) in [6.45, 7) is 8.30. The quantitative estimate of drug-likeness (QED) is 0.132. The Morgan fingerprint density at radius 2 is 1.10 bits per heavy atom. The minimum Gasteiger partial charge on any atom is -0.394 e. The van der Waals surface area contributed by atoms with Crippen LogP contribution in [0.3, 0.4) is 0 Å². The van der Waals surface area contributed by atoms with E-state index in [-0.39, 0.29) is 0 Å². The van der Waals surface area contributed by atoms with Crippen molar-refractivity contribution in [3.05, 3.63) is 30.3 Å². The molecule has 0 aliphatic carbocycles. The van der Waals surface area contributed by atoms with Crippen molar-refractivity contribution in [2.45, 2.75) is 124 Å². The Labute approximate surface area is 196 Å². The highest BCUT2D eigenvalue weighted by Gasteiger charge is 2.18. The summed E-state index contributed by atoms with van der Waals surface area (Å²) in [5.41, 5.74) is 0. The molecule has 0 N–H and O–H groups in total. The van der Waals surface area contributed by atoms with E-state index in [4.69, 9.17) is 8.85 Å². The van der Waals surface area contributed by atoms with E-state index >= 15 is 0 Å². The summed E-state index contributed by atoms with van der Waals surface area (Å²) in [4.78, 5) is 0. The molecule has 3 heteroatoms. The minimum atomic E-state index is -1.77. The van der Waals surface area contributed by atoms with Gasteiger partial charge in [0.2, 0.25) is 0 Å². The first-order chi connectivity index (χ1) is 15.3. The summed E-state index contributed by atoms with van der Waals surface area (Å²) in [6, 6.07) is 10.6. The molecule has 0 bridgehead atoms. The molecule has 0 saturated heterocycles. The lowest BCUT2D eigenvalue weighted by atomic mass is 9.95. The molecule has 31 heavy (non-hydrogen) atoms. The lowest BCUT2D eigenvalue weighted by Crippen LogP contribution is -2.38. The third kappa shape index (κ3) is 15.7. The third-order valence-corrected chi connectivity index (χ3v) is 8.37. The lowest BCUT2D eigenvalue weighted by Gasteiger charge is -2.22. The van der Waals surface area contributed by atoms with Crippen LogP contribution in [-0.4, -0.2) is 22.5 Å². The van der Waals surface area contributed by atoms with Crippen LogP contribution in [0.15, 0.2) is 30.3 Å². The van der Waals surface area contributed by atoms with E-state index < -0.39 is 9.28 Å². The van der Waals surface area contributed by atoms with Gasteiger partial charge in [-0.05, 0) is 30.9 Å². The van der Waals surface area contributed by atoms with Gasteiger partial charge in [-0.2, -0.15) is 0 Å². The molecule has 0 radical (unpaired) electrons. The first-order valence-corrected chi connectivity index (χ1v) is 15.1. The molecule has 0 amide bonds. The van der Waals surface area contributed by atoms with Crippen LogP contribution < -0.4 is 5.19 Å². The molecule has 0 aliphatic heterocycles. The highest BCUT2D eigenvalue weighted by molar-refractivity contribution is 6.61. The summed E-state index contributed by atoms with van der Waals surface area (Å²) in [6.07, 6.45) is 22.1. The Morgan fingerprint density at radius 3 is 1.58 bits per heavy atom. The van der Waals surface area contributed by atoms with Gasteiger partial charge >= 0.3 is 9.28 Å². The van der Waals surface area contributed by atoms with Crippen LogP contribution in [0.2, 0.25) is 0 Å². The summed E-state index contributed by atoms with van der Waals surface area (Å²) >= 11 is 0. The number of hydrogen-bond donors (Lipinski definition) is 0. The predicted molar refractivity (Wildman–Crippen MR) is 140 cm³/mol. The van der Waals surface area contributed by atoms with E-state index in [1.54, 1.807) is 0 Å². The second kappa shape index (κ2) is 21.2. The molecule has 2 nitrogen and oxygen atoms in total. The fourth-order valence-corrected chi connectivity index (χ4v) is 6.08. The van der Waals surface area contributed by atoms with Crippen molar-refractivity contribution in [2.75, 3.05) is 13.2 Å². The molecule has 0 fully saturated rings. The second-order valence-electron chi connectivity index (χ2n) is 9.22. The summed E-state index contributed by atoms with van der Waals surface area (Å²) in [5, 5.41) is 1.27. The van der Waals surface area contributed by atoms with Crippen LogP contribution in [0, 0.1) is 5.92 Å². The van der Waals surface area contributed by atoms with Crippen molar-refractivity contribution >= 4 is 14.5 Å². The third-order valence-electron chi connectivity index (χ3n) is 6.30.